The molecule has 1 rings (SSSR count). The molecule has 0 unspecified atom stereocenters. The van der Waals surface area contributed by atoms with Crippen LogP contribution in [0, 0.1) is 6.92 Å². The maximum Gasteiger partial charge on any atom is 0.252 e. The third kappa shape index (κ3) is 4.08. The molecule has 1 aromatic heterocycles. The molecule has 0 aliphatic rings. The summed E-state index contributed by atoms with van der Waals surface area (Å²) in [5.41, 5.74) is 6.81. The largest absolute Gasteiger partial charge is 0.350 e. The zero-order valence-corrected chi connectivity index (χ0v) is 9.37. The van der Waals surface area contributed by atoms with E-state index in [9.17, 15) is 4.79 Å². The molecule has 0 saturated carbocycles. The number of amides is 1. The highest BCUT2D eigenvalue weighted by Crippen LogP contribution is 2.00. The van der Waals surface area contributed by atoms with Crippen LogP contribution in [0.3, 0.4) is 0 Å². The van der Waals surface area contributed by atoms with E-state index in [0.717, 1.165) is 5.69 Å². The standard InChI is InChI=1S/C11H17N3O/c1-8-4-5-9(6-13-8)10(15)14-7-11(2,3)12/h4-6H,7,12H2,1-3H3,(H,14,15). The molecule has 4 heteroatoms. The lowest BCUT2D eigenvalue weighted by molar-refractivity contribution is 0.0945. The zero-order valence-electron chi connectivity index (χ0n) is 9.37. The lowest BCUT2D eigenvalue weighted by atomic mass is 10.1. The van der Waals surface area contributed by atoms with E-state index in [1.165, 1.54) is 0 Å². The smallest absolute Gasteiger partial charge is 0.252 e. The number of carbonyl (C=O) groups is 1. The Labute approximate surface area is 89.9 Å². The van der Waals surface area contributed by atoms with Crippen molar-refractivity contribution in [2.75, 3.05) is 6.54 Å². The number of rotatable bonds is 3. The first-order valence-electron chi connectivity index (χ1n) is 4.88. The van der Waals surface area contributed by atoms with Gasteiger partial charge < -0.3 is 11.1 Å². The SMILES string of the molecule is Cc1ccc(C(=O)NCC(C)(C)N)cn1. The highest BCUT2D eigenvalue weighted by Gasteiger charge is 2.13. The number of pyridine rings is 1. The number of hydrogen-bond acceptors (Lipinski definition) is 3. The Morgan fingerprint density at radius 3 is 2.67 bits per heavy atom. The highest BCUT2D eigenvalue weighted by atomic mass is 16.1. The van der Waals surface area contributed by atoms with Gasteiger partial charge in [-0.05, 0) is 32.9 Å². The number of nitrogens with two attached hydrogens (primary N) is 1. The maximum absolute atomic E-state index is 11.6. The van der Waals surface area contributed by atoms with Crippen LogP contribution in [-0.2, 0) is 0 Å². The molecule has 0 aromatic carbocycles. The molecule has 0 aliphatic carbocycles. The van der Waals surface area contributed by atoms with Crippen LogP contribution in [0.1, 0.15) is 29.9 Å². The zero-order chi connectivity index (χ0) is 11.5. The Kier molecular flexibility index (Phi) is 3.42. The van der Waals surface area contributed by atoms with E-state index in [1.807, 2.05) is 26.8 Å². The van der Waals surface area contributed by atoms with Crippen molar-refractivity contribution in [3.05, 3.63) is 29.6 Å². The molecule has 1 aromatic rings. The second kappa shape index (κ2) is 4.40. The Bertz CT molecular complexity index is 338. The predicted octanol–water partition coefficient (Wildman–Crippen LogP) is 0.857. The fraction of sp³-hybridized carbons (Fsp3) is 0.455. The number of aryl methyl sites for hydroxylation is 1. The summed E-state index contributed by atoms with van der Waals surface area (Å²) in [6.07, 6.45) is 1.56. The van der Waals surface area contributed by atoms with E-state index < -0.39 is 5.54 Å². The van der Waals surface area contributed by atoms with Gasteiger partial charge in [0.05, 0.1) is 5.56 Å². The molecular weight excluding hydrogens is 190 g/mol. The summed E-state index contributed by atoms with van der Waals surface area (Å²) >= 11 is 0. The highest BCUT2D eigenvalue weighted by molar-refractivity contribution is 5.93. The number of nitrogens with zero attached hydrogens (tertiary/aromatic N) is 1. The minimum atomic E-state index is -0.395. The van der Waals surface area contributed by atoms with Crippen molar-refractivity contribution in [3.63, 3.8) is 0 Å². The molecule has 0 bridgehead atoms. The van der Waals surface area contributed by atoms with Gasteiger partial charge in [0.25, 0.3) is 5.91 Å². The van der Waals surface area contributed by atoms with Crippen LogP contribution in [0.25, 0.3) is 0 Å². The molecule has 0 radical (unpaired) electrons. The molecule has 0 atom stereocenters. The predicted molar refractivity (Wildman–Crippen MR) is 59.6 cm³/mol. The summed E-state index contributed by atoms with van der Waals surface area (Å²) in [6, 6.07) is 3.56. The van der Waals surface area contributed by atoms with Crippen molar-refractivity contribution in [2.24, 2.45) is 5.73 Å². The number of nitrogens with one attached hydrogen (secondary N) is 1. The average molecular weight is 207 g/mol. The van der Waals surface area contributed by atoms with Crippen molar-refractivity contribution in [3.8, 4) is 0 Å². The van der Waals surface area contributed by atoms with E-state index in [0.29, 0.717) is 12.1 Å². The van der Waals surface area contributed by atoms with E-state index in [-0.39, 0.29) is 5.91 Å². The Morgan fingerprint density at radius 1 is 1.53 bits per heavy atom. The average Bonchev–Trinajstić information content (AvgIpc) is 2.14. The van der Waals surface area contributed by atoms with Gasteiger partial charge in [0.15, 0.2) is 0 Å². The van der Waals surface area contributed by atoms with Crippen LogP contribution in [0.2, 0.25) is 0 Å². The van der Waals surface area contributed by atoms with Crippen LogP contribution in [0.15, 0.2) is 18.3 Å². The number of carbonyl (C=O) groups excluding carboxylic acids is 1. The van der Waals surface area contributed by atoms with E-state index in [4.69, 9.17) is 5.73 Å². The summed E-state index contributed by atoms with van der Waals surface area (Å²) in [5.74, 6) is -0.138. The molecule has 15 heavy (non-hydrogen) atoms. The summed E-state index contributed by atoms with van der Waals surface area (Å²) in [7, 11) is 0. The minimum absolute atomic E-state index is 0.138. The second-order valence-electron chi connectivity index (χ2n) is 4.36. The van der Waals surface area contributed by atoms with Crippen molar-refractivity contribution in [1.29, 1.82) is 0 Å². The quantitative estimate of drug-likeness (QED) is 0.772. The van der Waals surface area contributed by atoms with E-state index in [1.54, 1.807) is 12.3 Å². The fourth-order valence-corrected chi connectivity index (χ4v) is 1.01. The Balaban J connectivity index is 2.58. The minimum Gasteiger partial charge on any atom is -0.350 e. The monoisotopic (exact) mass is 207 g/mol. The topological polar surface area (TPSA) is 68.0 Å². The molecule has 1 amide bonds. The first-order valence-corrected chi connectivity index (χ1v) is 4.88. The summed E-state index contributed by atoms with van der Waals surface area (Å²) in [5, 5.41) is 2.75. The lowest BCUT2D eigenvalue weighted by Gasteiger charge is -2.18. The second-order valence-corrected chi connectivity index (χ2v) is 4.36. The molecule has 0 fully saturated rings. The van der Waals surface area contributed by atoms with Gasteiger partial charge in [-0.1, -0.05) is 0 Å². The molecule has 82 valence electrons. The van der Waals surface area contributed by atoms with Gasteiger partial charge in [-0.3, -0.25) is 9.78 Å². The van der Waals surface area contributed by atoms with Crippen LogP contribution in [-0.4, -0.2) is 23.0 Å². The normalized spacial score (nSPS) is 11.2. The molecule has 3 N–H and O–H groups in total. The van der Waals surface area contributed by atoms with Gasteiger partial charge in [0, 0.05) is 24.0 Å². The third-order valence-electron chi connectivity index (χ3n) is 1.88. The lowest BCUT2D eigenvalue weighted by Crippen LogP contribution is -2.45. The molecule has 0 saturated heterocycles. The summed E-state index contributed by atoms with van der Waals surface area (Å²) in [4.78, 5) is 15.6. The van der Waals surface area contributed by atoms with Gasteiger partial charge in [-0.25, -0.2) is 0 Å². The Hall–Kier alpha value is -1.42. The number of aromatic nitrogens is 1. The molecule has 0 aliphatic heterocycles. The fourth-order valence-electron chi connectivity index (χ4n) is 1.01. The molecular formula is C11H17N3O. The number of hydrogen-bond donors (Lipinski definition) is 2. The van der Waals surface area contributed by atoms with Gasteiger partial charge in [-0.2, -0.15) is 0 Å². The van der Waals surface area contributed by atoms with E-state index >= 15 is 0 Å². The van der Waals surface area contributed by atoms with Crippen LogP contribution >= 0.6 is 0 Å². The summed E-state index contributed by atoms with van der Waals surface area (Å²) in [6.45, 7) is 6.05. The van der Waals surface area contributed by atoms with Crippen molar-refractivity contribution >= 4 is 5.91 Å². The van der Waals surface area contributed by atoms with Crippen molar-refractivity contribution < 1.29 is 4.79 Å². The van der Waals surface area contributed by atoms with Crippen LogP contribution < -0.4 is 11.1 Å². The van der Waals surface area contributed by atoms with Gasteiger partial charge in [-0.15, -0.1) is 0 Å². The summed E-state index contributed by atoms with van der Waals surface area (Å²) < 4.78 is 0. The van der Waals surface area contributed by atoms with Gasteiger partial charge in [0.2, 0.25) is 0 Å². The van der Waals surface area contributed by atoms with Gasteiger partial charge >= 0.3 is 0 Å². The van der Waals surface area contributed by atoms with Gasteiger partial charge in [0.1, 0.15) is 0 Å². The first kappa shape index (κ1) is 11.7. The molecule has 0 spiro atoms. The maximum atomic E-state index is 11.6. The van der Waals surface area contributed by atoms with Crippen molar-refractivity contribution in [1.82, 2.24) is 10.3 Å². The molecule has 1 heterocycles. The van der Waals surface area contributed by atoms with Crippen molar-refractivity contribution in [2.45, 2.75) is 26.3 Å². The Morgan fingerprint density at radius 2 is 2.20 bits per heavy atom. The van der Waals surface area contributed by atoms with E-state index in [2.05, 4.69) is 10.3 Å². The third-order valence-corrected chi connectivity index (χ3v) is 1.88. The molecule has 4 nitrogen and oxygen atoms in total. The van der Waals surface area contributed by atoms with Crippen LogP contribution in [0.4, 0.5) is 0 Å². The first-order chi connectivity index (χ1) is 6.88. The van der Waals surface area contributed by atoms with Crippen LogP contribution in [0.5, 0.6) is 0 Å².